The molecule has 1 aromatic rings. The number of unbranched alkanes of at least 4 members (excludes halogenated alkanes) is 1. The molecule has 1 atom stereocenters. The zero-order valence-corrected chi connectivity index (χ0v) is 18.0. The molecule has 0 amide bonds. The maximum Gasteiger partial charge on any atom is 0.339 e. The standard InChI is InChI=1S/C27H29NO3/c1-17-22(19-7-5-18(6-8-19)4-2-3-15-28)13-11-21-12-14-25(29)24(27(30)31)16-23(26(17)21)20-9-10-20/h5-8,11,13,15-16,20-21,28H,2-4,9-10,12,14H2,1H3,(H,30,31)/b24-16+,26-23?,28-15?. The summed E-state index contributed by atoms with van der Waals surface area (Å²) in [5.74, 6) is -0.856. The predicted octanol–water partition coefficient (Wildman–Crippen LogP) is 5.70. The molecule has 0 saturated heterocycles. The normalized spacial score (nSPS) is 23.1. The molecule has 0 radical (unpaired) electrons. The molecule has 4 nitrogen and oxygen atoms in total. The number of hydrogen-bond donors (Lipinski definition) is 2. The third-order valence-corrected chi connectivity index (χ3v) is 6.59. The summed E-state index contributed by atoms with van der Waals surface area (Å²) in [6.45, 7) is 2.14. The smallest absolute Gasteiger partial charge is 0.339 e. The topological polar surface area (TPSA) is 78.2 Å². The van der Waals surface area contributed by atoms with E-state index in [0.29, 0.717) is 12.3 Å². The fraction of sp³-hybridized carbons (Fsp3) is 0.370. The number of aryl methyl sites for hydroxylation is 1. The van der Waals surface area contributed by atoms with Crippen LogP contribution >= 0.6 is 0 Å². The molecule has 1 fully saturated rings. The number of carboxylic acid groups (broad SMARTS) is 1. The van der Waals surface area contributed by atoms with E-state index < -0.39 is 5.97 Å². The number of carbonyl (C=O) groups is 2. The van der Waals surface area contributed by atoms with E-state index >= 15 is 0 Å². The first-order valence-corrected chi connectivity index (χ1v) is 11.2. The SMILES string of the molecule is CC1=C(c2ccc(CCCC=N)cc2)C=CC2CCC(=O)/C(C(=O)O)=C\C(C3CC3)=C12. The third-order valence-electron chi connectivity index (χ3n) is 6.59. The maximum atomic E-state index is 12.4. The van der Waals surface area contributed by atoms with Crippen molar-refractivity contribution in [1.82, 2.24) is 0 Å². The first kappa shape index (κ1) is 21.2. The lowest BCUT2D eigenvalue weighted by Crippen LogP contribution is -2.20. The van der Waals surface area contributed by atoms with Crippen LogP contribution in [0.3, 0.4) is 0 Å². The van der Waals surface area contributed by atoms with Crippen molar-refractivity contribution in [2.24, 2.45) is 11.8 Å². The van der Waals surface area contributed by atoms with Gasteiger partial charge in [-0.2, -0.15) is 0 Å². The van der Waals surface area contributed by atoms with E-state index in [1.54, 1.807) is 6.08 Å². The van der Waals surface area contributed by atoms with Crippen LogP contribution in [0.2, 0.25) is 0 Å². The van der Waals surface area contributed by atoms with Crippen LogP contribution in [-0.2, 0) is 16.0 Å². The molecule has 0 aromatic heterocycles. The summed E-state index contributed by atoms with van der Waals surface area (Å²) in [6, 6.07) is 8.64. The van der Waals surface area contributed by atoms with Crippen LogP contribution in [-0.4, -0.2) is 23.1 Å². The van der Waals surface area contributed by atoms with Gasteiger partial charge in [0.2, 0.25) is 0 Å². The minimum absolute atomic E-state index is 0.0639. The van der Waals surface area contributed by atoms with Gasteiger partial charge in [0.15, 0.2) is 5.78 Å². The number of nitrogens with one attached hydrogen (secondary N) is 1. The summed E-state index contributed by atoms with van der Waals surface area (Å²) >= 11 is 0. The van der Waals surface area contributed by atoms with Crippen molar-refractivity contribution < 1.29 is 14.7 Å². The number of carbonyl (C=O) groups excluding carboxylic acids is 1. The Morgan fingerprint density at radius 3 is 2.58 bits per heavy atom. The number of fused-ring (bicyclic) bond motifs is 1. The monoisotopic (exact) mass is 415 g/mol. The second kappa shape index (κ2) is 9.01. The molecule has 3 aliphatic carbocycles. The summed E-state index contributed by atoms with van der Waals surface area (Å²) < 4.78 is 0. The molecule has 0 aliphatic heterocycles. The van der Waals surface area contributed by atoms with Gasteiger partial charge < -0.3 is 10.5 Å². The lowest BCUT2D eigenvalue weighted by Gasteiger charge is -2.29. The van der Waals surface area contributed by atoms with Crippen molar-refractivity contribution in [3.63, 3.8) is 0 Å². The van der Waals surface area contributed by atoms with E-state index in [4.69, 9.17) is 5.41 Å². The molecular formula is C27H29NO3. The largest absolute Gasteiger partial charge is 0.478 e. The number of aliphatic carboxylic acids is 1. The van der Waals surface area contributed by atoms with E-state index in [1.165, 1.54) is 28.5 Å². The highest BCUT2D eigenvalue weighted by Crippen LogP contribution is 2.47. The van der Waals surface area contributed by atoms with Gasteiger partial charge in [-0.1, -0.05) is 36.4 Å². The Balaban J connectivity index is 1.75. The van der Waals surface area contributed by atoms with Gasteiger partial charge in [-0.15, -0.1) is 0 Å². The van der Waals surface area contributed by atoms with Crippen molar-refractivity contribution in [3.8, 4) is 0 Å². The number of carboxylic acids is 1. The quantitative estimate of drug-likeness (QED) is 0.341. The highest BCUT2D eigenvalue weighted by Gasteiger charge is 2.35. The second-order valence-corrected chi connectivity index (χ2v) is 8.77. The molecule has 4 rings (SSSR count). The second-order valence-electron chi connectivity index (χ2n) is 8.77. The van der Waals surface area contributed by atoms with Crippen LogP contribution in [0, 0.1) is 17.2 Å². The molecule has 4 heteroatoms. The minimum atomic E-state index is -1.12. The van der Waals surface area contributed by atoms with E-state index in [-0.39, 0.29) is 23.7 Å². The Labute approximate surface area is 183 Å². The Kier molecular flexibility index (Phi) is 6.17. The molecule has 2 N–H and O–H groups in total. The third kappa shape index (κ3) is 4.53. The molecule has 1 aromatic carbocycles. The average Bonchev–Trinajstić information content (AvgIpc) is 3.58. The van der Waals surface area contributed by atoms with Gasteiger partial charge in [-0.05, 0) is 97.1 Å². The summed E-state index contributed by atoms with van der Waals surface area (Å²) in [7, 11) is 0. The van der Waals surface area contributed by atoms with E-state index in [0.717, 1.165) is 43.2 Å². The van der Waals surface area contributed by atoms with Crippen molar-refractivity contribution in [3.05, 3.63) is 75.9 Å². The summed E-state index contributed by atoms with van der Waals surface area (Å²) in [5.41, 5.74) is 7.02. The van der Waals surface area contributed by atoms with Crippen LogP contribution in [0.5, 0.6) is 0 Å². The predicted molar refractivity (Wildman–Crippen MR) is 123 cm³/mol. The van der Waals surface area contributed by atoms with Crippen molar-refractivity contribution >= 4 is 23.5 Å². The van der Waals surface area contributed by atoms with Gasteiger partial charge >= 0.3 is 5.97 Å². The summed E-state index contributed by atoms with van der Waals surface area (Å²) in [6.07, 6.45) is 13.3. The number of Topliss-reactive ketones (excluding diaryl/α,β-unsaturated/α-hetero) is 1. The Morgan fingerprint density at radius 2 is 1.94 bits per heavy atom. The van der Waals surface area contributed by atoms with Crippen LogP contribution < -0.4 is 0 Å². The molecule has 1 unspecified atom stereocenters. The number of benzene rings is 1. The van der Waals surface area contributed by atoms with E-state index in [9.17, 15) is 14.7 Å². The lowest BCUT2D eigenvalue weighted by atomic mass is 9.75. The Morgan fingerprint density at radius 1 is 1.19 bits per heavy atom. The minimum Gasteiger partial charge on any atom is -0.478 e. The zero-order valence-electron chi connectivity index (χ0n) is 18.0. The Hall–Kier alpha value is -3.01. The van der Waals surface area contributed by atoms with Gasteiger partial charge in [-0.25, -0.2) is 4.79 Å². The lowest BCUT2D eigenvalue weighted by molar-refractivity contribution is -0.134. The van der Waals surface area contributed by atoms with Gasteiger partial charge in [-0.3, -0.25) is 4.79 Å². The first-order valence-electron chi connectivity index (χ1n) is 11.2. The molecule has 160 valence electrons. The highest BCUT2D eigenvalue weighted by atomic mass is 16.4. The number of hydrogen-bond acceptors (Lipinski definition) is 3. The number of allylic oxidation sites excluding steroid dienone is 7. The molecule has 1 saturated carbocycles. The highest BCUT2D eigenvalue weighted by molar-refractivity contribution is 6.17. The first-order chi connectivity index (χ1) is 15.0. The fourth-order valence-corrected chi connectivity index (χ4v) is 4.75. The fourth-order valence-electron chi connectivity index (χ4n) is 4.75. The number of ketones is 1. The van der Waals surface area contributed by atoms with Crippen LogP contribution in [0.1, 0.15) is 56.6 Å². The van der Waals surface area contributed by atoms with Crippen molar-refractivity contribution in [1.29, 1.82) is 5.41 Å². The number of rotatable bonds is 7. The summed E-state index contributed by atoms with van der Waals surface area (Å²) in [4.78, 5) is 24.2. The average molecular weight is 416 g/mol. The van der Waals surface area contributed by atoms with Gasteiger partial charge in [0, 0.05) is 12.3 Å². The van der Waals surface area contributed by atoms with Gasteiger partial charge in [0.25, 0.3) is 0 Å². The zero-order chi connectivity index (χ0) is 22.0. The molecule has 0 spiro atoms. The van der Waals surface area contributed by atoms with Crippen LogP contribution in [0.15, 0.2) is 64.8 Å². The molecular weight excluding hydrogens is 386 g/mol. The van der Waals surface area contributed by atoms with Gasteiger partial charge in [0.05, 0.1) is 0 Å². The van der Waals surface area contributed by atoms with Crippen molar-refractivity contribution in [2.75, 3.05) is 0 Å². The molecule has 0 bridgehead atoms. The van der Waals surface area contributed by atoms with Crippen molar-refractivity contribution in [2.45, 2.75) is 51.9 Å². The van der Waals surface area contributed by atoms with Crippen LogP contribution in [0.25, 0.3) is 5.57 Å². The van der Waals surface area contributed by atoms with E-state index in [1.807, 2.05) is 0 Å². The summed E-state index contributed by atoms with van der Waals surface area (Å²) in [5, 5.41) is 16.8. The Bertz CT molecular complexity index is 1030. The molecule has 0 heterocycles. The van der Waals surface area contributed by atoms with E-state index in [2.05, 4.69) is 43.3 Å². The molecule has 31 heavy (non-hydrogen) atoms. The molecule has 3 aliphatic rings. The van der Waals surface area contributed by atoms with Crippen LogP contribution in [0.4, 0.5) is 0 Å². The maximum absolute atomic E-state index is 12.4. The van der Waals surface area contributed by atoms with Gasteiger partial charge in [0.1, 0.15) is 5.57 Å².